The second-order valence-electron chi connectivity index (χ2n) is 1.33. The number of rotatable bonds is 1. The lowest BCUT2D eigenvalue weighted by Crippen LogP contribution is -2.05. The van der Waals surface area contributed by atoms with Crippen molar-refractivity contribution in [3.05, 3.63) is 22.6 Å². The molecule has 0 aromatic carbocycles. The van der Waals surface area contributed by atoms with E-state index < -0.39 is 0 Å². The van der Waals surface area contributed by atoms with Crippen molar-refractivity contribution in [2.24, 2.45) is 0 Å². The molecule has 1 aromatic rings. The molecule has 0 fully saturated rings. The smallest absolute Gasteiger partial charge is 0.300 e. The van der Waals surface area contributed by atoms with Crippen LogP contribution in [0.2, 0.25) is 0 Å². The Kier molecular flexibility index (Phi) is 1.46. The number of hydrogen-bond donors (Lipinski definition) is 2. The molecule has 48 valence electrons. The molecule has 1 heterocycles. The molecule has 0 aliphatic rings. The lowest BCUT2D eigenvalue weighted by molar-refractivity contribution is -0.146. The van der Waals surface area contributed by atoms with Crippen molar-refractivity contribution in [2.45, 2.75) is 0 Å². The summed E-state index contributed by atoms with van der Waals surface area (Å²) in [6.07, 6.45) is 1.23. The number of aromatic nitrogens is 2. The van der Waals surface area contributed by atoms with Crippen LogP contribution < -0.4 is 10.4 Å². The van der Waals surface area contributed by atoms with Gasteiger partial charge in [0, 0.05) is 12.3 Å². The number of nitrogens with zero attached hydrogens (tertiary/aromatic N) is 1. The number of H-pyrrole nitrogens is 1. The maximum absolute atomic E-state index is 10.4. The average molecular weight is 128 g/mol. The van der Waals surface area contributed by atoms with Gasteiger partial charge in [-0.3, -0.25) is 14.7 Å². The lowest BCUT2D eigenvalue weighted by Gasteiger charge is -1.89. The third kappa shape index (κ3) is 1.26. The molecule has 1 rings (SSSR count). The molecular formula is C4H4N2O3. The normalized spacial score (nSPS) is 9.00. The van der Waals surface area contributed by atoms with E-state index in [1.54, 1.807) is 0 Å². The van der Waals surface area contributed by atoms with E-state index >= 15 is 0 Å². The summed E-state index contributed by atoms with van der Waals surface area (Å²) in [6.45, 7) is 0. The fourth-order valence-corrected chi connectivity index (χ4v) is 0.398. The molecule has 5 heteroatoms. The first-order chi connectivity index (χ1) is 4.33. The molecule has 0 bridgehead atoms. The quantitative estimate of drug-likeness (QED) is 0.399. The first-order valence-corrected chi connectivity index (χ1v) is 2.19. The molecule has 0 saturated carbocycles. The summed E-state index contributed by atoms with van der Waals surface area (Å²) < 4.78 is 0. The lowest BCUT2D eigenvalue weighted by atomic mass is 10.7. The first-order valence-electron chi connectivity index (χ1n) is 2.19. The molecule has 9 heavy (non-hydrogen) atoms. The van der Waals surface area contributed by atoms with Gasteiger partial charge in [-0.25, -0.2) is 4.98 Å². The zero-order chi connectivity index (χ0) is 6.69. The van der Waals surface area contributed by atoms with Crippen molar-refractivity contribution < 1.29 is 10.1 Å². The van der Waals surface area contributed by atoms with Gasteiger partial charge < -0.3 is 0 Å². The summed E-state index contributed by atoms with van der Waals surface area (Å²) in [5, 5.41) is 7.93. The van der Waals surface area contributed by atoms with Gasteiger partial charge in [-0.05, 0) is 0 Å². The predicted octanol–water partition coefficient (Wildman–Crippen LogP) is -0.378. The predicted molar refractivity (Wildman–Crippen MR) is 28.1 cm³/mol. The molecule has 5 nitrogen and oxygen atoms in total. The minimum atomic E-state index is -0.367. The Morgan fingerprint density at radius 2 is 2.56 bits per heavy atom. The van der Waals surface area contributed by atoms with Gasteiger partial charge in [-0.2, -0.15) is 5.26 Å². The highest BCUT2D eigenvalue weighted by Gasteiger charge is 1.89. The SMILES string of the molecule is O=c1ccnc(OO)[nH]1. The molecule has 0 amide bonds. The third-order valence-corrected chi connectivity index (χ3v) is 0.734. The van der Waals surface area contributed by atoms with E-state index in [2.05, 4.69) is 14.9 Å². The van der Waals surface area contributed by atoms with Crippen molar-refractivity contribution in [3.63, 3.8) is 0 Å². The minimum absolute atomic E-state index is 0.206. The van der Waals surface area contributed by atoms with Crippen LogP contribution in [0, 0.1) is 0 Å². The summed E-state index contributed by atoms with van der Waals surface area (Å²) in [5.74, 6) is 0. The Hall–Kier alpha value is -1.36. The van der Waals surface area contributed by atoms with Crippen LogP contribution in [0.15, 0.2) is 17.1 Å². The van der Waals surface area contributed by atoms with Crippen LogP contribution in [0.4, 0.5) is 0 Å². The van der Waals surface area contributed by atoms with Gasteiger partial charge in [0.25, 0.3) is 5.56 Å². The van der Waals surface area contributed by atoms with Gasteiger partial charge in [0.15, 0.2) is 0 Å². The second kappa shape index (κ2) is 2.27. The topological polar surface area (TPSA) is 75.2 Å². The van der Waals surface area contributed by atoms with Gasteiger partial charge in [0.1, 0.15) is 0 Å². The van der Waals surface area contributed by atoms with E-state index in [9.17, 15) is 4.79 Å². The molecule has 0 saturated heterocycles. The Bertz CT molecular complexity index is 244. The van der Waals surface area contributed by atoms with Crippen molar-refractivity contribution in [1.29, 1.82) is 0 Å². The zero-order valence-corrected chi connectivity index (χ0v) is 4.37. The molecule has 0 radical (unpaired) electrons. The van der Waals surface area contributed by atoms with Crippen molar-refractivity contribution >= 4 is 0 Å². The average Bonchev–Trinajstić information content (AvgIpc) is 1.88. The van der Waals surface area contributed by atoms with Crippen LogP contribution in [0.25, 0.3) is 0 Å². The molecule has 0 spiro atoms. The van der Waals surface area contributed by atoms with Crippen LogP contribution in [0.3, 0.4) is 0 Å². The molecule has 2 N–H and O–H groups in total. The van der Waals surface area contributed by atoms with E-state index in [4.69, 9.17) is 5.26 Å². The van der Waals surface area contributed by atoms with Gasteiger partial charge in [0.2, 0.25) is 0 Å². The van der Waals surface area contributed by atoms with Gasteiger partial charge >= 0.3 is 6.01 Å². The van der Waals surface area contributed by atoms with Crippen LogP contribution in [-0.2, 0) is 0 Å². The second-order valence-corrected chi connectivity index (χ2v) is 1.33. The van der Waals surface area contributed by atoms with Gasteiger partial charge in [-0.15, -0.1) is 0 Å². The summed E-state index contributed by atoms with van der Waals surface area (Å²) >= 11 is 0. The Morgan fingerprint density at radius 1 is 1.78 bits per heavy atom. The molecule has 0 aliphatic carbocycles. The van der Waals surface area contributed by atoms with Gasteiger partial charge in [0.05, 0.1) is 0 Å². The maximum atomic E-state index is 10.4. The van der Waals surface area contributed by atoms with E-state index in [1.807, 2.05) is 0 Å². The fourth-order valence-electron chi connectivity index (χ4n) is 0.398. The molecule has 0 aliphatic heterocycles. The highest BCUT2D eigenvalue weighted by Crippen LogP contribution is 1.89. The standard InChI is InChI=1S/C4H4N2O3/c7-3-1-2-5-4(6-3)9-8/h1-2,8H,(H,5,6,7). The highest BCUT2D eigenvalue weighted by atomic mass is 17.1. The molecular weight excluding hydrogens is 124 g/mol. The van der Waals surface area contributed by atoms with Crippen LogP contribution in [-0.4, -0.2) is 15.2 Å². The van der Waals surface area contributed by atoms with Crippen LogP contribution >= 0.6 is 0 Å². The van der Waals surface area contributed by atoms with E-state index in [0.717, 1.165) is 0 Å². The molecule has 0 atom stereocenters. The van der Waals surface area contributed by atoms with Gasteiger partial charge in [-0.1, -0.05) is 0 Å². The Labute approximate surface area is 49.9 Å². The zero-order valence-electron chi connectivity index (χ0n) is 4.37. The largest absolute Gasteiger partial charge is 0.333 e. The summed E-state index contributed by atoms with van der Waals surface area (Å²) in [6, 6.07) is 1.00. The van der Waals surface area contributed by atoms with Crippen LogP contribution in [0.5, 0.6) is 6.01 Å². The number of nitrogens with one attached hydrogen (secondary N) is 1. The van der Waals surface area contributed by atoms with Crippen molar-refractivity contribution in [3.8, 4) is 6.01 Å². The summed E-state index contributed by atoms with van der Waals surface area (Å²) in [7, 11) is 0. The summed E-state index contributed by atoms with van der Waals surface area (Å²) in [4.78, 5) is 19.5. The Morgan fingerprint density at radius 3 is 3.00 bits per heavy atom. The monoisotopic (exact) mass is 128 g/mol. The fraction of sp³-hybridized carbons (Fsp3) is 0. The molecule has 0 unspecified atom stereocenters. The van der Waals surface area contributed by atoms with Crippen LogP contribution in [0.1, 0.15) is 0 Å². The number of aromatic amines is 1. The number of hydrogen-bond acceptors (Lipinski definition) is 4. The van der Waals surface area contributed by atoms with E-state index in [-0.39, 0.29) is 11.6 Å². The van der Waals surface area contributed by atoms with E-state index in [0.29, 0.717) is 0 Å². The highest BCUT2D eigenvalue weighted by molar-refractivity contribution is 4.92. The Balaban J connectivity index is 3.08. The van der Waals surface area contributed by atoms with Crippen molar-refractivity contribution in [2.75, 3.05) is 0 Å². The first kappa shape index (κ1) is 5.77. The summed E-state index contributed by atoms with van der Waals surface area (Å²) in [5.41, 5.74) is -0.367. The van der Waals surface area contributed by atoms with Crippen molar-refractivity contribution in [1.82, 2.24) is 9.97 Å². The third-order valence-electron chi connectivity index (χ3n) is 0.734. The minimum Gasteiger partial charge on any atom is -0.300 e. The maximum Gasteiger partial charge on any atom is 0.333 e. The van der Waals surface area contributed by atoms with E-state index in [1.165, 1.54) is 12.3 Å². The molecule has 1 aromatic heterocycles.